The van der Waals surface area contributed by atoms with Gasteiger partial charge in [-0.2, -0.15) is 11.8 Å². The average Bonchev–Trinajstić information content (AvgIpc) is 2.49. The molecule has 0 aliphatic heterocycles. The molecule has 27 heavy (non-hydrogen) atoms. The predicted octanol–water partition coefficient (Wildman–Crippen LogP) is 4.71. The first-order valence-corrected chi connectivity index (χ1v) is 10.5. The zero-order valence-corrected chi connectivity index (χ0v) is 19.4. The van der Waals surface area contributed by atoms with Gasteiger partial charge in [-0.3, -0.25) is 9.59 Å². The molecule has 2 N–H and O–H groups in total. The van der Waals surface area contributed by atoms with Crippen LogP contribution in [-0.4, -0.2) is 34.4 Å². The molecular weight excluding hydrogens is 356 g/mol. The van der Waals surface area contributed by atoms with Gasteiger partial charge < -0.3 is 10.6 Å². The summed E-state index contributed by atoms with van der Waals surface area (Å²) in [6, 6.07) is 0. The molecule has 0 aromatic heterocycles. The Labute approximate surface area is 171 Å². The summed E-state index contributed by atoms with van der Waals surface area (Å²) in [5.74, 6) is 0.868. The van der Waals surface area contributed by atoms with Crippen LogP contribution in [0.15, 0.2) is 25.3 Å². The van der Waals surface area contributed by atoms with Gasteiger partial charge in [-0.15, -0.1) is 13.2 Å². The third kappa shape index (κ3) is 10.6. The highest BCUT2D eigenvalue weighted by Crippen LogP contribution is 2.42. The number of hydrogen-bond donors (Lipinski definition) is 2. The first-order valence-electron chi connectivity index (χ1n) is 9.52. The van der Waals surface area contributed by atoms with Gasteiger partial charge in [0.2, 0.25) is 11.8 Å². The molecule has 0 fully saturated rings. The van der Waals surface area contributed by atoms with E-state index in [1.807, 2.05) is 37.8 Å². The number of nitrogens with one attached hydrogen (secondary N) is 2. The van der Waals surface area contributed by atoms with E-state index in [-0.39, 0.29) is 32.9 Å². The lowest BCUT2D eigenvalue weighted by Crippen LogP contribution is -2.46. The topological polar surface area (TPSA) is 58.2 Å². The second-order valence-electron chi connectivity index (χ2n) is 9.59. The van der Waals surface area contributed by atoms with Crippen LogP contribution in [0.5, 0.6) is 0 Å². The maximum atomic E-state index is 11.5. The van der Waals surface area contributed by atoms with Crippen molar-refractivity contribution in [3.8, 4) is 0 Å². The number of allylic oxidation sites excluding steroid dienone is 1. The number of carbonyl (C=O) groups excluding carboxylic acids is 2. The number of rotatable bonds is 12. The molecule has 0 aromatic carbocycles. The largest absolute Gasteiger partial charge is 0.355 e. The summed E-state index contributed by atoms with van der Waals surface area (Å²) in [7, 11) is 0. The quantitative estimate of drug-likeness (QED) is 0.470. The molecule has 0 saturated heterocycles. The van der Waals surface area contributed by atoms with Crippen molar-refractivity contribution in [2.45, 2.75) is 78.5 Å². The fourth-order valence-electron chi connectivity index (χ4n) is 3.63. The zero-order chi connectivity index (χ0) is 21.5. The summed E-state index contributed by atoms with van der Waals surface area (Å²) in [5.41, 5.74) is -0.557. The van der Waals surface area contributed by atoms with Crippen LogP contribution in [0.1, 0.15) is 68.2 Å². The monoisotopic (exact) mass is 396 g/mol. The van der Waals surface area contributed by atoms with Crippen molar-refractivity contribution in [2.75, 3.05) is 12.3 Å². The Bertz CT molecular complexity index is 557. The van der Waals surface area contributed by atoms with Crippen molar-refractivity contribution >= 4 is 23.6 Å². The number of thioether (sulfide) groups is 1. The molecular formula is C22H40N2O2S. The molecule has 4 nitrogen and oxygen atoms in total. The molecule has 156 valence electrons. The van der Waals surface area contributed by atoms with Gasteiger partial charge in [0, 0.05) is 41.8 Å². The molecule has 0 radical (unpaired) electrons. The van der Waals surface area contributed by atoms with E-state index in [1.54, 1.807) is 6.92 Å². The SMILES string of the molecule is C=CC(C)(CSC(C)(C)CC(C)(C=C)CNC(C)=O)CC(C)(C)NC(C)=O. The molecule has 0 aliphatic rings. The van der Waals surface area contributed by atoms with E-state index in [2.05, 4.69) is 51.5 Å². The molecule has 5 heteroatoms. The van der Waals surface area contributed by atoms with Crippen molar-refractivity contribution in [1.82, 2.24) is 10.6 Å². The van der Waals surface area contributed by atoms with Crippen LogP contribution in [0.4, 0.5) is 0 Å². The summed E-state index contributed by atoms with van der Waals surface area (Å²) in [4.78, 5) is 22.8. The second-order valence-corrected chi connectivity index (χ2v) is 11.3. The molecule has 0 aromatic rings. The van der Waals surface area contributed by atoms with Gasteiger partial charge in [-0.05, 0) is 32.1 Å². The molecule has 0 saturated carbocycles. The summed E-state index contributed by atoms with van der Waals surface area (Å²) in [6.45, 7) is 24.6. The lowest BCUT2D eigenvalue weighted by atomic mass is 9.80. The fourth-order valence-corrected chi connectivity index (χ4v) is 5.00. The highest BCUT2D eigenvalue weighted by molar-refractivity contribution is 8.00. The van der Waals surface area contributed by atoms with Gasteiger partial charge in [-0.25, -0.2) is 0 Å². The van der Waals surface area contributed by atoms with Gasteiger partial charge >= 0.3 is 0 Å². The molecule has 0 spiro atoms. The second kappa shape index (κ2) is 9.81. The van der Waals surface area contributed by atoms with Crippen LogP contribution >= 0.6 is 11.8 Å². The van der Waals surface area contributed by atoms with E-state index in [4.69, 9.17) is 0 Å². The van der Waals surface area contributed by atoms with Crippen LogP contribution in [-0.2, 0) is 9.59 Å². The van der Waals surface area contributed by atoms with E-state index >= 15 is 0 Å². The molecule has 0 heterocycles. The normalized spacial score (nSPS) is 16.6. The first-order chi connectivity index (χ1) is 12.1. The minimum Gasteiger partial charge on any atom is -0.355 e. The minimum atomic E-state index is -0.291. The van der Waals surface area contributed by atoms with E-state index in [1.165, 1.54) is 6.92 Å². The van der Waals surface area contributed by atoms with Crippen molar-refractivity contribution in [3.63, 3.8) is 0 Å². The van der Waals surface area contributed by atoms with Crippen molar-refractivity contribution < 1.29 is 9.59 Å². The fraction of sp³-hybridized carbons (Fsp3) is 0.727. The van der Waals surface area contributed by atoms with Crippen LogP contribution in [0.3, 0.4) is 0 Å². The lowest BCUT2D eigenvalue weighted by Gasteiger charge is -2.40. The third-order valence-electron chi connectivity index (χ3n) is 4.71. The Morgan fingerprint density at radius 2 is 1.41 bits per heavy atom. The maximum absolute atomic E-state index is 11.5. The average molecular weight is 397 g/mol. The van der Waals surface area contributed by atoms with Gasteiger partial charge in [-0.1, -0.05) is 39.8 Å². The smallest absolute Gasteiger partial charge is 0.217 e. The van der Waals surface area contributed by atoms with Gasteiger partial charge in [0.15, 0.2) is 0 Å². The Morgan fingerprint density at radius 3 is 1.81 bits per heavy atom. The Balaban J connectivity index is 5.04. The van der Waals surface area contributed by atoms with Crippen molar-refractivity contribution in [3.05, 3.63) is 25.3 Å². The van der Waals surface area contributed by atoms with Gasteiger partial charge in [0.05, 0.1) is 0 Å². The Morgan fingerprint density at radius 1 is 0.889 bits per heavy atom. The van der Waals surface area contributed by atoms with E-state index in [9.17, 15) is 9.59 Å². The lowest BCUT2D eigenvalue weighted by molar-refractivity contribution is -0.121. The molecule has 2 atom stereocenters. The minimum absolute atomic E-state index is 0.00380. The van der Waals surface area contributed by atoms with Crippen molar-refractivity contribution in [2.24, 2.45) is 10.8 Å². The van der Waals surface area contributed by atoms with Gasteiger partial charge in [0.1, 0.15) is 0 Å². The van der Waals surface area contributed by atoms with Crippen LogP contribution in [0, 0.1) is 10.8 Å². The third-order valence-corrected chi connectivity index (χ3v) is 6.44. The molecule has 0 rings (SSSR count). The zero-order valence-electron chi connectivity index (χ0n) is 18.6. The summed E-state index contributed by atoms with van der Waals surface area (Å²) in [6.07, 6.45) is 5.66. The van der Waals surface area contributed by atoms with Crippen LogP contribution in [0.2, 0.25) is 0 Å². The highest BCUT2D eigenvalue weighted by atomic mass is 32.2. The molecule has 2 amide bonds. The number of hydrogen-bond acceptors (Lipinski definition) is 3. The molecule has 0 bridgehead atoms. The Kier molecular flexibility index (Phi) is 9.36. The molecule has 2 unspecified atom stereocenters. The highest BCUT2D eigenvalue weighted by Gasteiger charge is 2.35. The van der Waals surface area contributed by atoms with Gasteiger partial charge in [0.25, 0.3) is 0 Å². The Hall–Kier alpha value is -1.23. The maximum Gasteiger partial charge on any atom is 0.217 e. The van der Waals surface area contributed by atoms with E-state index in [0.717, 1.165) is 18.6 Å². The summed E-state index contributed by atoms with van der Waals surface area (Å²) < 4.78 is 0.00380. The first kappa shape index (κ1) is 25.8. The van der Waals surface area contributed by atoms with E-state index < -0.39 is 0 Å². The number of carbonyl (C=O) groups is 2. The number of amides is 2. The summed E-state index contributed by atoms with van der Waals surface area (Å²) >= 11 is 1.90. The van der Waals surface area contributed by atoms with E-state index in [0.29, 0.717) is 6.54 Å². The predicted molar refractivity (Wildman–Crippen MR) is 119 cm³/mol. The standard InChI is InChI=1S/C22H40N2O2S/c1-11-21(9,15-23-17(3)25)14-20(7,8)27-16-22(10,12-2)13-19(5,6)24-18(4)26/h11-12H,1-2,13-16H2,3-10H3,(H,23,25)(H,24,26). The van der Waals surface area contributed by atoms with Crippen molar-refractivity contribution in [1.29, 1.82) is 0 Å². The summed E-state index contributed by atoms with van der Waals surface area (Å²) in [5, 5.41) is 5.95. The molecule has 0 aliphatic carbocycles. The van der Waals surface area contributed by atoms with Crippen LogP contribution in [0.25, 0.3) is 0 Å². The van der Waals surface area contributed by atoms with Crippen LogP contribution < -0.4 is 10.6 Å².